The maximum absolute atomic E-state index is 12.8. The molecule has 0 bridgehead atoms. The Hall–Kier alpha value is -3.15. The van der Waals surface area contributed by atoms with Gasteiger partial charge in [-0.15, -0.1) is 0 Å². The van der Waals surface area contributed by atoms with Crippen LogP contribution in [0.3, 0.4) is 0 Å². The average molecular weight is 851 g/mol. The van der Waals surface area contributed by atoms with E-state index in [4.69, 9.17) is 14.2 Å². The van der Waals surface area contributed by atoms with Crippen molar-refractivity contribution in [2.75, 3.05) is 13.2 Å². The van der Waals surface area contributed by atoms with E-state index >= 15 is 0 Å². The molecule has 1 atom stereocenters. The predicted molar refractivity (Wildman–Crippen MR) is 261 cm³/mol. The molecule has 0 spiro atoms. The number of esters is 3. The van der Waals surface area contributed by atoms with Gasteiger partial charge in [0.15, 0.2) is 6.10 Å². The first-order valence-corrected chi connectivity index (χ1v) is 25.4. The van der Waals surface area contributed by atoms with Crippen molar-refractivity contribution in [3.8, 4) is 0 Å². The van der Waals surface area contributed by atoms with Gasteiger partial charge in [0.1, 0.15) is 13.2 Å². The fourth-order valence-electron chi connectivity index (χ4n) is 6.84. The summed E-state index contributed by atoms with van der Waals surface area (Å²) in [5, 5.41) is 0. The summed E-state index contributed by atoms with van der Waals surface area (Å²) in [7, 11) is 0. The molecule has 0 aromatic carbocycles. The molecule has 0 N–H and O–H groups in total. The third kappa shape index (κ3) is 47.7. The fourth-order valence-corrected chi connectivity index (χ4v) is 6.84. The summed E-state index contributed by atoms with van der Waals surface area (Å²) in [6.45, 7) is 6.42. The van der Waals surface area contributed by atoms with Crippen LogP contribution in [0.2, 0.25) is 0 Å². The maximum atomic E-state index is 12.8. The molecule has 1 unspecified atom stereocenters. The monoisotopic (exact) mass is 851 g/mol. The minimum atomic E-state index is -0.787. The lowest BCUT2D eigenvalue weighted by Gasteiger charge is -2.18. The second-order valence-electron chi connectivity index (χ2n) is 16.7. The van der Waals surface area contributed by atoms with Crippen LogP contribution in [0.15, 0.2) is 72.9 Å². The van der Waals surface area contributed by atoms with Crippen molar-refractivity contribution in [2.45, 2.75) is 245 Å². The zero-order valence-electron chi connectivity index (χ0n) is 39.9. The molecule has 0 radical (unpaired) electrons. The number of ether oxygens (including phenoxy) is 3. The van der Waals surface area contributed by atoms with Crippen molar-refractivity contribution in [2.24, 2.45) is 0 Å². The van der Waals surface area contributed by atoms with Crippen LogP contribution in [-0.4, -0.2) is 37.2 Å². The van der Waals surface area contributed by atoms with Crippen LogP contribution in [0, 0.1) is 0 Å². The Balaban J connectivity index is 4.38. The quantitative estimate of drug-likeness (QED) is 0.0263. The second-order valence-corrected chi connectivity index (χ2v) is 16.7. The lowest BCUT2D eigenvalue weighted by atomic mass is 10.1. The molecule has 0 saturated heterocycles. The van der Waals surface area contributed by atoms with E-state index in [2.05, 4.69) is 93.7 Å². The van der Waals surface area contributed by atoms with Crippen LogP contribution in [0.5, 0.6) is 0 Å². The third-order valence-electron chi connectivity index (χ3n) is 10.6. The Morgan fingerprint density at radius 3 is 1.08 bits per heavy atom. The molecule has 0 aliphatic heterocycles. The van der Waals surface area contributed by atoms with E-state index in [1.807, 2.05) is 0 Å². The zero-order valence-corrected chi connectivity index (χ0v) is 39.9. The summed E-state index contributed by atoms with van der Waals surface area (Å²) in [6, 6.07) is 0. The Morgan fingerprint density at radius 1 is 0.344 bits per heavy atom. The highest BCUT2D eigenvalue weighted by Gasteiger charge is 2.19. The van der Waals surface area contributed by atoms with Crippen LogP contribution in [0.4, 0.5) is 0 Å². The van der Waals surface area contributed by atoms with Gasteiger partial charge in [-0.05, 0) is 103 Å². The van der Waals surface area contributed by atoms with Gasteiger partial charge in [-0.25, -0.2) is 0 Å². The van der Waals surface area contributed by atoms with Gasteiger partial charge in [0.05, 0.1) is 0 Å². The van der Waals surface area contributed by atoms with Crippen LogP contribution >= 0.6 is 0 Å². The largest absolute Gasteiger partial charge is 0.462 e. The summed E-state index contributed by atoms with van der Waals surface area (Å²) in [5.41, 5.74) is 0. The Labute approximate surface area is 376 Å². The van der Waals surface area contributed by atoms with E-state index in [1.165, 1.54) is 83.5 Å². The molecular formula is C55H94O6. The van der Waals surface area contributed by atoms with E-state index in [0.29, 0.717) is 19.3 Å². The second kappa shape index (κ2) is 49.5. The average Bonchev–Trinajstić information content (AvgIpc) is 3.26. The van der Waals surface area contributed by atoms with Crippen LogP contribution in [-0.2, 0) is 28.6 Å². The van der Waals surface area contributed by atoms with Gasteiger partial charge >= 0.3 is 17.9 Å². The third-order valence-corrected chi connectivity index (χ3v) is 10.6. The summed E-state index contributed by atoms with van der Waals surface area (Å²) < 4.78 is 16.7. The topological polar surface area (TPSA) is 78.9 Å². The van der Waals surface area contributed by atoms with Gasteiger partial charge < -0.3 is 14.2 Å². The molecule has 0 aliphatic carbocycles. The zero-order chi connectivity index (χ0) is 44.4. The van der Waals surface area contributed by atoms with Crippen molar-refractivity contribution in [3.63, 3.8) is 0 Å². The summed E-state index contributed by atoms with van der Waals surface area (Å²) in [6.07, 6.45) is 61.7. The summed E-state index contributed by atoms with van der Waals surface area (Å²) in [5.74, 6) is -0.921. The minimum Gasteiger partial charge on any atom is -0.462 e. The lowest BCUT2D eigenvalue weighted by Crippen LogP contribution is -2.30. The van der Waals surface area contributed by atoms with Gasteiger partial charge in [-0.3, -0.25) is 14.4 Å². The molecule has 6 heteroatoms. The van der Waals surface area contributed by atoms with Crippen molar-refractivity contribution in [1.29, 1.82) is 0 Å². The molecule has 0 amide bonds. The van der Waals surface area contributed by atoms with Gasteiger partial charge in [-0.1, -0.05) is 190 Å². The van der Waals surface area contributed by atoms with Crippen LogP contribution in [0.25, 0.3) is 0 Å². The van der Waals surface area contributed by atoms with Gasteiger partial charge in [0.2, 0.25) is 0 Å². The molecule has 0 aromatic heterocycles. The van der Waals surface area contributed by atoms with E-state index in [-0.39, 0.29) is 31.1 Å². The van der Waals surface area contributed by atoms with Gasteiger partial charge in [-0.2, -0.15) is 0 Å². The number of unbranched alkanes of at least 4 members (excludes halogenated alkanes) is 22. The van der Waals surface area contributed by atoms with Crippen molar-refractivity contribution in [3.05, 3.63) is 72.9 Å². The van der Waals surface area contributed by atoms with Gasteiger partial charge in [0, 0.05) is 19.3 Å². The molecule has 350 valence electrons. The molecular weight excluding hydrogens is 757 g/mol. The Kier molecular flexibility index (Phi) is 46.9. The van der Waals surface area contributed by atoms with Crippen LogP contribution < -0.4 is 0 Å². The summed E-state index contributed by atoms with van der Waals surface area (Å²) >= 11 is 0. The van der Waals surface area contributed by atoms with E-state index < -0.39 is 6.10 Å². The first-order chi connectivity index (χ1) is 30.0. The Morgan fingerprint density at radius 2 is 0.672 bits per heavy atom. The van der Waals surface area contributed by atoms with Crippen molar-refractivity contribution >= 4 is 17.9 Å². The molecule has 0 saturated carbocycles. The maximum Gasteiger partial charge on any atom is 0.306 e. The van der Waals surface area contributed by atoms with E-state index in [0.717, 1.165) is 116 Å². The van der Waals surface area contributed by atoms with Gasteiger partial charge in [0.25, 0.3) is 0 Å². The Bertz CT molecular complexity index is 1160. The number of hydrogen-bond acceptors (Lipinski definition) is 6. The van der Waals surface area contributed by atoms with E-state index in [9.17, 15) is 14.4 Å². The van der Waals surface area contributed by atoms with Crippen molar-refractivity contribution in [1.82, 2.24) is 0 Å². The number of allylic oxidation sites excluding steroid dienone is 12. The van der Waals surface area contributed by atoms with E-state index in [1.54, 1.807) is 0 Å². The molecule has 0 rings (SSSR count). The van der Waals surface area contributed by atoms with Crippen molar-refractivity contribution < 1.29 is 28.6 Å². The minimum absolute atomic E-state index is 0.0882. The normalized spacial score (nSPS) is 12.6. The smallest absolute Gasteiger partial charge is 0.306 e. The highest BCUT2D eigenvalue weighted by atomic mass is 16.6. The number of rotatable bonds is 45. The molecule has 0 aliphatic rings. The lowest BCUT2D eigenvalue weighted by molar-refractivity contribution is -0.167. The van der Waals surface area contributed by atoms with Crippen LogP contribution in [0.1, 0.15) is 239 Å². The molecule has 0 fully saturated rings. The highest BCUT2D eigenvalue weighted by Crippen LogP contribution is 2.14. The number of hydrogen-bond donors (Lipinski definition) is 0. The number of carbonyl (C=O) groups is 3. The fraction of sp³-hybridized carbons (Fsp3) is 0.727. The first-order valence-electron chi connectivity index (χ1n) is 25.4. The number of carbonyl (C=O) groups excluding carboxylic acids is 3. The molecule has 0 heterocycles. The molecule has 6 nitrogen and oxygen atoms in total. The summed E-state index contributed by atoms with van der Waals surface area (Å²) in [4.78, 5) is 37.9. The SMILES string of the molecule is CC/C=C\C/C=C\C/C=C\C/C=C\CCCCCCCCC(=O)OCC(COC(=O)CCCCCCC/C=C\CCC)OC(=O)CCCCCCC/C=C\CCCCCCC. The standard InChI is InChI=1S/C55H94O6/c1-4-7-10-13-16-19-22-24-26-27-28-29-30-32-33-36-39-42-45-48-54(57)60-51-52(50-59-53(56)47-44-41-38-35-21-18-15-12-9-6-3)61-55(58)49-46-43-40-37-34-31-25-23-20-17-14-11-8-5-2/h7,10,12,15-16,19,23-26,28-29,52H,4-6,8-9,11,13-14,17-18,20-22,27,30-51H2,1-3H3/b10-7-,15-12-,19-16-,25-23-,26-24-,29-28-. The predicted octanol–water partition coefficient (Wildman–Crippen LogP) is 16.6. The molecule has 61 heavy (non-hydrogen) atoms. The first kappa shape index (κ1) is 57.9. The molecule has 0 aromatic rings. The highest BCUT2D eigenvalue weighted by molar-refractivity contribution is 5.71.